The lowest BCUT2D eigenvalue weighted by Gasteiger charge is -2.36. The highest BCUT2D eigenvalue weighted by Crippen LogP contribution is 2.16. The second kappa shape index (κ2) is 17.3. The van der Waals surface area contributed by atoms with Gasteiger partial charge in [-0.2, -0.15) is 0 Å². The lowest BCUT2D eigenvalue weighted by atomic mass is 10.0. The molecule has 2 nitrogen and oxygen atoms in total. The van der Waals surface area contributed by atoms with E-state index in [1.165, 1.54) is 96.3 Å². The predicted molar refractivity (Wildman–Crippen MR) is 113 cm³/mol. The molecule has 0 radical (unpaired) electrons. The maximum absolute atomic E-state index is 10.3. The Bertz CT molecular complexity index is 263. The van der Waals surface area contributed by atoms with E-state index < -0.39 is 0 Å². The predicted octanol–water partition coefficient (Wildman–Crippen LogP) is 7.05. The number of aliphatic hydroxyl groups is 1. The Morgan fingerprint density at radius 3 is 1.20 bits per heavy atom. The third-order valence-corrected chi connectivity index (χ3v) is 6.23. The molecule has 2 heteroatoms. The summed E-state index contributed by atoms with van der Waals surface area (Å²) in [4.78, 5) is 0. The Morgan fingerprint density at radius 2 is 0.880 bits per heavy atom. The molecule has 1 unspecified atom stereocenters. The van der Waals surface area contributed by atoms with Gasteiger partial charge in [0.15, 0.2) is 6.23 Å². The molecule has 1 N–H and O–H groups in total. The average Bonchev–Trinajstić information content (AvgIpc) is 2.63. The highest BCUT2D eigenvalue weighted by atomic mass is 16.3. The average molecular weight is 357 g/mol. The van der Waals surface area contributed by atoms with Crippen LogP contribution in [0, 0.1) is 0 Å². The molecule has 0 bridgehead atoms. The molecule has 1 atom stereocenters. The zero-order chi connectivity index (χ0) is 18.8. The second-order valence-electron chi connectivity index (χ2n) is 8.33. The first-order chi connectivity index (χ1) is 12.1. The lowest BCUT2D eigenvalue weighted by Crippen LogP contribution is -2.51. The van der Waals surface area contributed by atoms with Crippen LogP contribution in [-0.2, 0) is 0 Å². The normalized spacial score (nSPS) is 13.3. The minimum atomic E-state index is -0.169. The number of nitrogens with zero attached hydrogens (tertiary/aromatic N) is 1. The van der Waals surface area contributed by atoms with Crippen LogP contribution in [0.25, 0.3) is 0 Å². The van der Waals surface area contributed by atoms with Crippen molar-refractivity contribution >= 4 is 0 Å². The van der Waals surface area contributed by atoms with Crippen molar-refractivity contribution in [3.05, 3.63) is 0 Å². The topological polar surface area (TPSA) is 20.2 Å². The van der Waals surface area contributed by atoms with Crippen molar-refractivity contribution in [2.45, 2.75) is 130 Å². The molecule has 0 aliphatic carbocycles. The minimum absolute atomic E-state index is 0.169. The summed E-state index contributed by atoms with van der Waals surface area (Å²) in [7, 11) is 2.18. The number of hydrogen-bond acceptors (Lipinski definition) is 1. The number of quaternary nitrogens is 1. The number of hydrogen-bond donors (Lipinski definition) is 1. The third-order valence-electron chi connectivity index (χ3n) is 6.23. The van der Waals surface area contributed by atoms with Crippen LogP contribution in [0.1, 0.15) is 124 Å². The highest BCUT2D eigenvalue weighted by Gasteiger charge is 2.26. The smallest absolute Gasteiger partial charge is 0.190 e. The van der Waals surface area contributed by atoms with E-state index in [9.17, 15) is 5.11 Å². The summed E-state index contributed by atoms with van der Waals surface area (Å²) in [6.07, 6.45) is 21.8. The maximum atomic E-state index is 10.3. The van der Waals surface area contributed by atoms with E-state index >= 15 is 0 Å². The van der Waals surface area contributed by atoms with Gasteiger partial charge in [-0.3, -0.25) is 0 Å². The fraction of sp³-hybridized carbons (Fsp3) is 1.00. The van der Waals surface area contributed by atoms with E-state index in [1.54, 1.807) is 0 Å². The number of aliphatic hydroxyl groups excluding tert-OH is 1. The van der Waals surface area contributed by atoms with E-state index in [0.717, 1.165) is 24.0 Å². The fourth-order valence-electron chi connectivity index (χ4n) is 3.66. The van der Waals surface area contributed by atoms with E-state index in [1.807, 2.05) is 0 Å². The Balaban J connectivity index is 3.26. The van der Waals surface area contributed by atoms with Gasteiger partial charge in [-0.25, -0.2) is 0 Å². The van der Waals surface area contributed by atoms with Gasteiger partial charge in [-0.05, 0) is 20.3 Å². The van der Waals surface area contributed by atoms with E-state index in [0.29, 0.717) is 0 Å². The summed E-state index contributed by atoms with van der Waals surface area (Å²) >= 11 is 0. The van der Waals surface area contributed by atoms with Crippen LogP contribution in [-0.4, -0.2) is 36.0 Å². The Kier molecular flexibility index (Phi) is 17.3. The molecule has 25 heavy (non-hydrogen) atoms. The summed E-state index contributed by atoms with van der Waals surface area (Å²) < 4.78 is 0.804. The van der Waals surface area contributed by atoms with Gasteiger partial charge in [0.2, 0.25) is 0 Å². The zero-order valence-corrected chi connectivity index (χ0v) is 18.2. The molecule has 0 rings (SSSR count). The summed E-state index contributed by atoms with van der Waals surface area (Å²) in [6.45, 7) is 8.70. The minimum Gasteiger partial charge on any atom is -0.345 e. The molecule has 0 heterocycles. The van der Waals surface area contributed by atoms with Gasteiger partial charge in [0.1, 0.15) is 0 Å². The van der Waals surface area contributed by atoms with Crippen molar-refractivity contribution in [2.24, 2.45) is 0 Å². The van der Waals surface area contributed by atoms with Crippen LogP contribution in [0.15, 0.2) is 0 Å². The molecule has 0 aromatic rings. The fourth-order valence-corrected chi connectivity index (χ4v) is 3.66. The quantitative estimate of drug-likeness (QED) is 0.149. The zero-order valence-electron chi connectivity index (χ0n) is 18.2. The van der Waals surface area contributed by atoms with Crippen LogP contribution in [0.3, 0.4) is 0 Å². The van der Waals surface area contributed by atoms with Crippen molar-refractivity contribution in [1.82, 2.24) is 0 Å². The van der Waals surface area contributed by atoms with Gasteiger partial charge in [-0.15, -0.1) is 0 Å². The van der Waals surface area contributed by atoms with Gasteiger partial charge in [0, 0.05) is 6.42 Å². The molecular weight excluding hydrogens is 306 g/mol. The Morgan fingerprint density at radius 1 is 0.560 bits per heavy atom. The summed E-state index contributed by atoms with van der Waals surface area (Å²) in [5, 5.41) is 10.3. The van der Waals surface area contributed by atoms with Crippen molar-refractivity contribution in [1.29, 1.82) is 0 Å². The van der Waals surface area contributed by atoms with Gasteiger partial charge in [-0.1, -0.05) is 96.8 Å². The van der Waals surface area contributed by atoms with Gasteiger partial charge in [0.25, 0.3) is 0 Å². The van der Waals surface area contributed by atoms with E-state index in [-0.39, 0.29) is 6.23 Å². The molecule has 0 fully saturated rings. The lowest BCUT2D eigenvalue weighted by molar-refractivity contribution is -0.951. The summed E-state index contributed by atoms with van der Waals surface area (Å²) in [5.74, 6) is 0. The molecule has 0 aliphatic rings. The van der Waals surface area contributed by atoms with Crippen molar-refractivity contribution in [2.75, 3.05) is 20.1 Å². The molecule has 0 saturated heterocycles. The van der Waals surface area contributed by atoms with Crippen molar-refractivity contribution in [3.8, 4) is 0 Å². The number of rotatable bonds is 19. The summed E-state index contributed by atoms with van der Waals surface area (Å²) in [6, 6.07) is 0. The van der Waals surface area contributed by atoms with E-state index in [4.69, 9.17) is 0 Å². The van der Waals surface area contributed by atoms with Crippen LogP contribution < -0.4 is 0 Å². The van der Waals surface area contributed by atoms with Crippen molar-refractivity contribution in [3.63, 3.8) is 0 Å². The largest absolute Gasteiger partial charge is 0.345 e. The van der Waals surface area contributed by atoms with Crippen LogP contribution >= 0.6 is 0 Å². The first-order valence-electron chi connectivity index (χ1n) is 11.6. The van der Waals surface area contributed by atoms with Gasteiger partial charge < -0.3 is 9.59 Å². The Labute approximate surface area is 160 Å². The molecule has 152 valence electrons. The standard InChI is InChI=1S/C23H50NO/c1-5-8-9-10-11-12-13-14-15-16-17-18-19-20-21-22-23(25)24(4,6-2)7-3/h23,25H,5-22H2,1-4H3/q+1. The van der Waals surface area contributed by atoms with Crippen molar-refractivity contribution < 1.29 is 9.59 Å². The van der Waals surface area contributed by atoms with Crippen LogP contribution in [0.5, 0.6) is 0 Å². The second-order valence-corrected chi connectivity index (χ2v) is 8.33. The summed E-state index contributed by atoms with van der Waals surface area (Å²) in [5.41, 5.74) is 0. The highest BCUT2D eigenvalue weighted by molar-refractivity contribution is 4.51. The monoisotopic (exact) mass is 356 g/mol. The van der Waals surface area contributed by atoms with Crippen LogP contribution in [0.2, 0.25) is 0 Å². The number of unbranched alkanes of at least 4 members (excludes halogenated alkanes) is 14. The Hall–Kier alpha value is -0.0800. The molecule has 0 spiro atoms. The molecule has 0 saturated carbocycles. The first-order valence-corrected chi connectivity index (χ1v) is 11.6. The first kappa shape index (κ1) is 24.9. The van der Waals surface area contributed by atoms with Gasteiger partial charge >= 0.3 is 0 Å². The molecule has 0 aliphatic heterocycles. The molecule has 0 aromatic carbocycles. The molecular formula is C23H50NO+. The molecule has 0 amide bonds. The van der Waals surface area contributed by atoms with Crippen LogP contribution in [0.4, 0.5) is 0 Å². The van der Waals surface area contributed by atoms with Gasteiger partial charge in [0.05, 0.1) is 20.1 Å². The maximum Gasteiger partial charge on any atom is 0.190 e. The SMILES string of the molecule is CCCCCCCCCCCCCCCCCC(O)[N+](C)(CC)CC. The van der Waals surface area contributed by atoms with E-state index in [2.05, 4.69) is 27.8 Å². The molecule has 0 aromatic heterocycles. The third kappa shape index (κ3) is 13.7.